The summed E-state index contributed by atoms with van der Waals surface area (Å²) >= 11 is 5.39. The third kappa shape index (κ3) is 2.31. The van der Waals surface area contributed by atoms with Crippen molar-refractivity contribution in [2.75, 3.05) is 6.61 Å². The van der Waals surface area contributed by atoms with Crippen molar-refractivity contribution in [2.45, 2.75) is 11.5 Å². The molecule has 0 amide bonds. The predicted octanol–water partition coefficient (Wildman–Crippen LogP) is 0.133. The molecule has 0 aliphatic carbocycles. The lowest BCUT2D eigenvalue weighted by Crippen LogP contribution is -2.22. The molecular formula is C5H9ClO2. The van der Waals surface area contributed by atoms with Gasteiger partial charge in [-0.15, -0.1) is 18.2 Å². The molecule has 0 radical (unpaired) electrons. The maximum atomic E-state index is 8.67. The van der Waals surface area contributed by atoms with Crippen molar-refractivity contribution in [3.05, 3.63) is 12.7 Å². The van der Waals surface area contributed by atoms with Crippen LogP contribution in [0.2, 0.25) is 0 Å². The van der Waals surface area contributed by atoms with Crippen LogP contribution in [0.15, 0.2) is 12.7 Å². The number of alkyl halides is 1. The Morgan fingerprint density at radius 2 is 2.25 bits per heavy atom. The van der Waals surface area contributed by atoms with Gasteiger partial charge in [0.15, 0.2) is 0 Å². The van der Waals surface area contributed by atoms with E-state index >= 15 is 0 Å². The monoisotopic (exact) mass is 136 g/mol. The Morgan fingerprint density at radius 3 is 2.38 bits per heavy atom. The average molecular weight is 137 g/mol. The third-order valence-electron chi connectivity index (χ3n) is 0.780. The molecule has 0 saturated heterocycles. The van der Waals surface area contributed by atoms with Gasteiger partial charge in [-0.3, -0.25) is 0 Å². The van der Waals surface area contributed by atoms with Gasteiger partial charge < -0.3 is 10.2 Å². The number of rotatable bonds is 3. The largest absolute Gasteiger partial charge is 0.394 e. The maximum Gasteiger partial charge on any atom is 0.0969 e. The summed E-state index contributed by atoms with van der Waals surface area (Å²) in [6, 6.07) is 0. The Labute approximate surface area is 53.4 Å². The summed E-state index contributed by atoms with van der Waals surface area (Å²) in [6.07, 6.45) is 0.497. The number of aliphatic hydroxyl groups is 2. The van der Waals surface area contributed by atoms with Gasteiger partial charge in [0.2, 0.25) is 0 Å². The van der Waals surface area contributed by atoms with Crippen LogP contribution in [0.4, 0.5) is 0 Å². The predicted molar refractivity (Wildman–Crippen MR) is 32.9 cm³/mol. The summed E-state index contributed by atoms with van der Waals surface area (Å²) in [7, 11) is 0. The summed E-state index contributed by atoms with van der Waals surface area (Å²) < 4.78 is 0. The molecule has 0 aromatic carbocycles. The zero-order valence-electron chi connectivity index (χ0n) is 4.42. The van der Waals surface area contributed by atoms with Crippen molar-refractivity contribution < 1.29 is 10.2 Å². The molecule has 0 heterocycles. The minimum absolute atomic E-state index is 0.319. The van der Waals surface area contributed by atoms with Gasteiger partial charge in [0.05, 0.1) is 18.1 Å². The second kappa shape index (κ2) is 3.89. The molecule has 0 aliphatic rings. The third-order valence-corrected chi connectivity index (χ3v) is 1.25. The standard InChI is InChI=1S/C5H9ClO2/c1-2-4(6)5(8)3-7/h2,4-5,7-8H,1,3H2. The zero-order chi connectivity index (χ0) is 6.57. The molecule has 3 heteroatoms. The van der Waals surface area contributed by atoms with Crippen LogP contribution in [-0.2, 0) is 0 Å². The van der Waals surface area contributed by atoms with Crippen LogP contribution in [0.3, 0.4) is 0 Å². The summed E-state index contributed by atoms with van der Waals surface area (Å²) in [5.41, 5.74) is 0. The van der Waals surface area contributed by atoms with E-state index in [1.807, 2.05) is 0 Å². The first-order valence-electron chi connectivity index (χ1n) is 2.28. The van der Waals surface area contributed by atoms with E-state index < -0.39 is 11.5 Å². The highest BCUT2D eigenvalue weighted by molar-refractivity contribution is 6.22. The molecule has 2 unspecified atom stereocenters. The minimum Gasteiger partial charge on any atom is -0.394 e. The molecule has 2 N–H and O–H groups in total. The van der Waals surface area contributed by atoms with Crippen molar-refractivity contribution in [1.82, 2.24) is 0 Å². The summed E-state index contributed by atoms with van der Waals surface area (Å²) in [5, 5.41) is 16.4. The first-order valence-corrected chi connectivity index (χ1v) is 2.71. The highest BCUT2D eigenvalue weighted by Gasteiger charge is 2.09. The first kappa shape index (κ1) is 7.95. The van der Waals surface area contributed by atoms with Gasteiger partial charge in [0, 0.05) is 0 Å². The fourth-order valence-electron chi connectivity index (χ4n) is 0.258. The summed E-state index contributed by atoms with van der Waals surface area (Å²) in [5.74, 6) is 0. The van der Waals surface area contributed by atoms with Gasteiger partial charge in [0.25, 0.3) is 0 Å². The number of aliphatic hydroxyl groups excluding tert-OH is 2. The molecule has 0 bridgehead atoms. The van der Waals surface area contributed by atoms with Crippen LogP contribution in [-0.4, -0.2) is 28.3 Å². The lowest BCUT2D eigenvalue weighted by atomic mass is 10.3. The highest BCUT2D eigenvalue weighted by Crippen LogP contribution is 2.01. The summed E-state index contributed by atoms with van der Waals surface area (Å²) in [4.78, 5) is 0. The summed E-state index contributed by atoms with van der Waals surface area (Å²) in [6.45, 7) is 3.01. The van der Waals surface area contributed by atoms with Crippen molar-refractivity contribution in [3.63, 3.8) is 0 Å². The van der Waals surface area contributed by atoms with Crippen molar-refractivity contribution in [3.8, 4) is 0 Å². The van der Waals surface area contributed by atoms with Crippen molar-refractivity contribution in [2.24, 2.45) is 0 Å². The molecule has 8 heavy (non-hydrogen) atoms. The van der Waals surface area contributed by atoms with Crippen LogP contribution < -0.4 is 0 Å². The van der Waals surface area contributed by atoms with Crippen molar-refractivity contribution >= 4 is 11.6 Å². The second-order valence-corrected chi connectivity index (χ2v) is 1.93. The van der Waals surface area contributed by atoms with Gasteiger partial charge in [-0.05, 0) is 0 Å². The molecule has 0 aliphatic heterocycles. The lowest BCUT2D eigenvalue weighted by Gasteiger charge is -2.07. The fourth-order valence-corrected chi connectivity index (χ4v) is 0.337. The van der Waals surface area contributed by atoms with Crippen LogP contribution in [0.1, 0.15) is 0 Å². The maximum absolute atomic E-state index is 8.67. The molecule has 0 saturated carbocycles. The highest BCUT2D eigenvalue weighted by atomic mass is 35.5. The van der Waals surface area contributed by atoms with Gasteiger partial charge in [-0.1, -0.05) is 6.08 Å². The van der Waals surface area contributed by atoms with Crippen LogP contribution in [0.5, 0.6) is 0 Å². The molecule has 0 aromatic heterocycles. The quantitative estimate of drug-likeness (QED) is 0.428. The van der Waals surface area contributed by atoms with E-state index in [0.717, 1.165) is 0 Å². The minimum atomic E-state index is -0.880. The van der Waals surface area contributed by atoms with Gasteiger partial charge in [-0.25, -0.2) is 0 Å². The van der Waals surface area contributed by atoms with Crippen LogP contribution >= 0.6 is 11.6 Å². The van der Waals surface area contributed by atoms with E-state index in [2.05, 4.69) is 6.58 Å². The van der Waals surface area contributed by atoms with Gasteiger partial charge >= 0.3 is 0 Å². The fraction of sp³-hybridized carbons (Fsp3) is 0.600. The van der Waals surface area contributed by atoms with E-state index in [-0.39, 0.29) is 6.61 Å². The molecule has 0 spiro atoms. The Bertz CT molecular complexity index is 74.8. The smallest absolute Gasteiger partial charge is 0.0969 e. The van der Waals surface area contributed by atoms with E-state index in [1.54, 1.807) is 0 Å². The average Bonchev–Trinajstić information content (AvgIpc) is 1.84. The second-order valence-electron chi connectivity index (χ2n) is 1.43. The molecule has 0 aromatic rings. The van der Waals surface area contributed by atoms with Crippen LogP contribution in [0, 0.1) is 0 Å². The molecule has 0 fully saturated rings. The Balaban J connectivity index is 3.44. The molecule has 2 atom stereocenters. The van der Waals surface area contributed by atoms with Crippen LogP contribution in [0.25, 0.3) is 0 Å². The Hall–Kier alpha value is -0.0500. The molecule has 48 valence electrons. The van der Waals surface area contributed by atoms with Gasteiger partial charge in [0.1, 0.15) is 0 Å². The van der Waals surface area contributed by atoms with Gasteiger partial charge in [-0.2, -0.15) is 0 Å². The lowest BCUT2D eigenvalue weighted by molar-refractivity contribution is 0.100. The van der Waals surface area contributed by atoms with E-state index in [9.17, 15) is 0 Å². The Kier molecular flexibility index (Phi) is 3.87. The van der Waals surface area contributed by atoms with Crippen molar-refractivity contribution in [1.29, 1.82) is 0 Å². The molecule has 0 rings (SSSR count). The molecular weight excluding hydrogens is 128 g/mol. The van der Waals surface area contributed by atoms with E-state index in [4.69, 9.17) is 21.8 Å². The first-order chi connectivity index (χ1) is 3.72. The number of halogens is 1. The topological polar surface area (TPSA) is 40.5 Å². The number of hydrogen-bond donors (Lipinski definition) is 2. The SMILES string of the molecule is C=CC(Cl)C(O)CO. The number of hydrogen-bond acceptors (Lipinski definition) is 2. The van der Waals surface area contributed by atoms with E-state index in [0.29, 0.717) is 0 Å². The Morgan fingerprint density at radius 1 is 1.75 bits per heavy atom. The van der Waals surface area contributed by atoms with E-state index in [1.165, 1.54) is 6.08 Å². The normalized spacial score (nSPS) is 17.4. The zero-order valence-corrected chi connectivity index (χ0v) is 5.17. The molecule has 2 nitrogen and oxygen atoms in total.